The first-order chi connectivity index (χ1) is 21.8. The van der Waals surface area contributed by atoms with Crippen LogP contribution in [-0.4, -0.2) is 17.8 Å². The molecule has 3 atom stereocenters. The maximum Gasteiger partial charge on any atom is 0.0160 e. The van der Waals surface area contributed by atoms with Crippen LogP contribution >= 0.6 is 9.53 Å². The number of pyridine rings is 1. The second-order valence-electron chi connectivity index (χ2n) is 12.6. The van der Waals surface area contributed by atoms with E-state index in [0.717, 1.165) is 29.6 Å². The third kappa shape index (κ3) is 9.43. The quantitative estimate of drug-likeness (QED) is 0.141. The number of aryl methyl sites for hydroxylation is 3. The van der Waals surface area contributed by atoms with Gasteiger partial charge >= 0.3 is 27.7 Å². The Labute approximate surface area is 286 Å². The second kappa shape index (κ2) is 17.3. The number of para-hydroxylation sites is 2. The molecule has 45 heavy (non-hydrogen) atoms. The van der Waals surface area contributed by atoms with Gasteiger partial charge in [0.2, 0.25) is 6.67 Å². The average molecular weight is 715 g/mol. The number of hydrogen-bond donors (Lipinski definition) is 0. The van der Waals surface area contributed by atoms with Crippen molar-refractivity contribution in [2.75, 3.05) is 16.5 Å². The van der Waals surface area contributed by atoms with Gasteiger partial charge in [-0.05, 0) is 98.4 Å². The van der Waals surface area contributed by atoms with Gasteiger partial charge in [0.25, 0.3) is 0 Å². The zero-order valence-electron chi connectivity index (χ0n) is 27.4. The fraction of sp³-hybridized carbons (Fsp3) is 0.385. The molecule has 2 heterocycles. The fourth-order valence-corrected chi connectivity index (χ4v) is 6.40. The zero-order chi connectivity index (χ0) is 32.3. The summed E-state index contributed by atoms with van der Waals surface area (Å²) < 4.78 is 6.51. The molecule has 1 saturated carbocycles. The average Bonchev–Trinajstić information content (AvgIpc) is 3.41. The standard InChI is InChI=1S/C28H38N2O.C11H8N.ClH.Pd/c1-19(2)24-12-11-21(4)28(15-24)31-18-30-17-29(26-9-7-8-10-27(26)30)16-25-22(5)13-20(3)14-23(25)6;1-2-6-10(7-3-1)11-8-4-5-9-12-11;;/h7-10,13-14,19,21,24,28H,11-12,15-16,18H2,1-6H3;1-6,8-9H;1H;/q;-1;;+2/p-1/t21-,24+,28-;;;/m0.../s1. The third-order valence-electron chi connectivity index (χ3n) is 9.03. The van der Waals surface area contributed by atoms with Crippen molar-refractivity contribution in [2.24, 2.45) is 17.8 Å². The van der Waals surface area contributed by atoms with E-state index in [1.54, 1.807) is 6.20 Å². The molecule has 4 nitrogen and oxygen atoms in total. The van der Waals surface area contributed by atoms with Crippen LogP contribution in [0.25, 0.3) is 11.3 Å². The first kappa shape index (κ1) is 35.2. The third-order valence-corrected chi connectivity index (χ3v) is 9.03. The van der Waals surface area contributed by atoms with Gasteiger partial charge in [0.1, 0.15) is 6.73 Å². The molecule has 2 aliphatic rings. The zero-order valence-corrected chi connectivity index (χ0v) is 29.7. The topological polar surface area (TPSA) is 28.6 Å². The first-order valence-corrected chi connectivity index (χ1v) is 17.9. The number of benzene rings is 3. The number of halogens is 1. The van der Waals surface area contributed by atoms with Crippen LogP contribution in [0.4, 0.5) is 11.4 Å². The van der Waals surface area contributed by atoms with Crippen LogP contribution in [0.2, 0.25) is 0 Å². The largest absolute Gasteiger partial charge is 0.305 e. The molecule has 1 fully saturated rings. The van der Waals surface area contributed by atoms with Gasteiger partial charge in [-0.25, -0.2) is 0 Å². The molecular formula is C39H46ClN3OPd. The smallest absolute Gasteiger partial charge is 0.0160 e. The molecule has 6 heteroatoms. The minimum atomic E-state index is 0.339. The van der Waals surface area contributed by atoms with E-state index < -0.39 is 0 Å². The van der Waals surface area contributed by atoms with Gasteiger partial charge < -0.3 is 19.5 Å². The van der Waals surface area contributed by atoms with Gasteiger partial charge in [-0.2, -0.15) is 0 Å². The number of aromatic nitrogens is 1. The predicted octanol–water partition coefficient (Wildman–Crippen LogP) is 10.1. The van der Waals surface area contributed by atoms with Crippen LogP contribution in [0.5, 0.6) is 0 Å². The summed E-state index contributed by atoms with van der Waals surface area (Å²) in [6.07, 6.45) is 5.92. The summed E-state index contributed by atoms with van der Waals surface area (Å²) in [5, 5.41) is 0. The minimum Gasteiger partial charge on any atom is -0.305 e. The maximum absolute atomic E-state index is 6.51. The molecule has 1 aromatic heterocycles. The molecular weight excluding hydrogens is 668 g/mol. The summed E-state index contributed by atoms with van der Waals surface area (Å²) in [5.41, 5.74) is 9.82. The van der Waals surface area contributed by atoms with Gasteiger partial charge in [0.05, 0.1) is 17.5 Å². The molecule has 0 amide bonds. The van der Waals surface area contributed by atoms with Crippen LogP contribution in [0.1, 0.15) is 62.3 Å². The van der Waals surface area contributed by atoms with Crippen molar-refractivity contribution in [2.45, 2.75) is 73.5 Å². The van der Waals surface area contributed by atoms with Crippen molar-refractivity contribution in [3.05, 3.63) is 120 Å². The molecule has 240 valence electrons. The Morgan fingerprint density at radius 2 is 1.60 bits per heavy atom. The van der Waals surface area contributed by atoms with E-state index >= 15 is 0 Å². The molecule has 4 aromatic rings. The van der Waals surface area contributed by atoms with Gasteiger partial charge in [0, 0.05) is 12.7 Å². The SMILES string of the molecule is Cc1cc(C)c(CN2[C]N(CO[C@H]3C[C@H](C(C)C)CC[C@@H]3C)c3ccccc32)c(C)c1.[Cl][Pd+].[c-]1ccccc1-c1ccccn1. The Balaban J connectivity index is 0.000000273. The van der Waals surface area contributed by atoms with E-state index in [2.05, 4.69) is 133 Å². The summed E-state index contributed by atoms with van der Waals surface area (Å²) in [6, 6.07) is 30.0. The molecule has 0 saturated heterocycles. The Bertz CT molecular complexity index is 1410. The monoisotopic (exact) mass is 713 g/mol. The van der Waals surface area contributed by atoms with E-state index in [9.17, 15) is 0 Å². The molecule has 6 rings (SSSR count). The van der Waals surface area contributed by atoms with Crippen LogP contribution in [0.3, 0.4) is 0 Å². The number of nitrogens with zero attached hydrogens (tertiary/aromatic N) is 3. The summed E-state index contributed by atoms with van der Waals surface area (Å²) in [7, 11) is 4.49. The second-order valence-corrected chi connectivity index (χ2v) is 12.6. The first-order valence-electron chi connectivity index (χ1n) is 15.9. The van der Waals surface area contributed by atoms with Gasteiger partial charge in [-0.1, -0.05) is 62.7 Å². The molecule has 0 spiro atoms. The van der Waals surface area contributed by atoms with Crippen LogP contribution in [-0.2, 0) is 29.5 Å². The Morgan fingerprint density at radius 3 is 2.22 bits per heavy atom. The van der Waals surface area contributed by atoms with Crippen LogP contribution < -0.4 is 9.80 Å². The van der Waals surface area contributed by atoms with Crippen LogP contribution in [0, 0.1) is 51.3 Å². The summed E-state index contributed by atoms with van der Waals surface area (Å²) >= 11 is 2.22. The number of fused-ring (bicyclic) bond motifs is 1. The number of hydrogen-bond acceptors (Lipinski definition) is 4. The van der Waals surface area contributed by atoms with E-state index in [-0.39, 0.29) is 0 Å². The Kier molecular flexibility index (Phi) is 13.5. The summed E-state index contributed by atoms with van der Waals surface area (Å²) in [4.78, 5) is 8.64. The number of anilines is 2. The maximum atomic E-state index is 6.51. The number of rotatable bonds is 7. The molecule has 0 bridgehead atoms. The molecule has 1 aliphatic carbocycles. The molecule has 1 aliphatic heterocycles. The van der Waals surface area contributed by atoms with Crippen molar-refractivity contribution in [1.82, 2.24) is 4.98 Å². The molecule has 2 radical (unpaired) electrons. The van der Waals surface area contributed by atoms with Crippen molar-refractivity contribution in [3.8, 4) is 11.3 Å². The van der Waals surface area contributed by atoms with Crippen molar-refractivity contribution in [1.29, 1.82) is 0 Å². The predicted molar refractivity (Wildman–Crippen MR) is 184 cm³/mol. The Morgan fingerprint density at radius 1 is 0.933 bits per heavy atom. The fourth-order valence-electron chi connectivity index (χ4n) is 6.40. The van der Waals surface area contributed by atoms with Crippen molar-refractivity contribution in [3.63, 3.8) is 0 Å². The summed E-state index contributed by atoms with van der Waals surface area (Å²) in [5.74, 6) is 2.14. The Hall–Kier alpha value is -2.68. The van der Waals surface area contributed by atoms with Gasteiger partial charge in [0.15, 0.2) is 0 Å². The molecule has 0 N–H and O–H groups in total. The van der Waals surface area contributed by atoms with Crippen molar-refractivity contribution >= 4 is 20.9 Å². The van der Waals surface area contributed by atoms with E-state index in [4.69, 9.17) is 4.74 Å². The number of ether oxygens (including phenoxy) is 1. The van der Waals surface area contributed by atoms with Gasteiger partial charge in [-0.15, -0.1) is 35.9 Å². The molecule has 3 aromatic carbocycles. The van der Waals surface area contributed by atoms with Crippen LogP contribution in [0.15, 0.2) is 85.1 Å². The minimum absolute atomic E-state index is 0.339. The normalized spacial score (nSPS) is 18.9. The van der Waals surface area contributed by atoms with E-state index in [0.29, 0.717) is 18.8 Å². The van der Waals surface area contributed by atoms with Crippen molar-refractivity contribution < 1.29 is 22.9 Å². The molecule has 0 unspecified atom stereocenters. The summed E-state index contributed by atoms with van der Waals surface area (Å²) in [6.45, 7) is 18.7. The van der Waals surface area contributed by atoms with Gasteiger partial charge in [-0.3, -0.25) is 0 Å². The van der Waals surface area contributed by atoms with E-state index in [1.807, 2.05) is 42.5 Å². The van der Waals surface area contributed by atoms with E-state index in [1.165, 1.54) is 52.9 Å².